The third-order valence-electron chi connectivity index (χ3n) is 4.99. The van der Waals surface area contributed by atoms with Crippen molar-refractivity contribution in [3.63, 3.8) is 0 Å². The fraction of sp³-hybridized carbons (Fsp3) is 0.174. The second-order valence-electron chi connectivity index (χ2n) is 7.59. The Kier molecular flexibility index (Phi) is 8.80. The standard InChI is InChI=1S/C23H23Cl2N3O7S2/c1-34-20-12-9-16(13-21(20)35-2)28(36(3,30)31)14-22(29)26-15-7-10-17(11-8-15)37(32,33)27-19-6-4-5-18(24)23(19)25/h4-13,27H,14H2,1-3H3,(H,26,29). The number of hydrogen-bond acceptors (Lipinski definition) is 7. The summed E-state index contributed by atoms with van der Waals surface area (Å²) in [5, 5.41) is 2.80. The highest BCUT2D eigenvalue weighted by molar-refractivity contribution is 7.92. The van der Waals surface area contributed by atoms with Gasteiger partial charge in [0.25, 0.3) is 10.0 Å². The van der Waals surface area contributed by atoms with Gasteiger partial charge in [-0.05, 0) is 48.5 Å². The molecule has 0 radical (unpaired) electrons. The molecule has 3 aromatic rings. The molecule has 10 nitrogen and oxygen atoms in total. The lowest BCUT2D eigenvalue weighted by Gasteiger charge is -2.23. The third-order valence-corrected chi connectivity index (χ3v) is 8.33. The van der Waals surface area contributed by atoms with Crippen LogP contribution >= 0.6 is 23.2 Å². The molecule has 0 aliphatic carbocycles. The van der Waals surface area contributed by atoms with Crippen molar-refractivity contribution in [1.82, 2.24) is 0 Å². The zero-order valence-electron chi connectivity index (χ0n) is 19.9. The Labute approximate surface area is 225 Å². The van der Waals surface area contributed by atoms with Crippen molar-refractivity contribution in [3.8, 4) is 11.5 Å². The molecule has 0 aromatic heterocycles. The van der Waals surface area contributed by atoms with Gasteiger partial charge in [-0.25, -0.2) is 16.8 Å². The summed E-state index contributed by atoms with van der Waals surface area (Å²) in [6, 6.07) is 14.3. The first-order valence-electron chi connectivity index (χ1n) is 10.4. The quantitative estimate of drug-likeness (QED) is 0.363. The molecule has 3 aromatic carbocycles. The maximum atomic E-state index is 12.7. The number of nitrogens with zero attached hydrogens (tertiary/aromatic N) is 1. The van der Waals surface area contributed by atoms with E-state index in [2.05, 4.69) is 10.0 Å². The molecule has 198 valence electrons. The Balaban J connectivity index is 1.75. The van der Waals surface area contributed by atoms with Crippen LogP contribution in [0.2, 0.25) is 10.0 Å². The highest BCUT2D eigenvalue weighted by atomic mass is 35.5. The zero-order chi connectivity index (χ0) is 27.4. The van der Waals surface area contributed by atoms with E-state index in [0.29, 0.717) is 11.5 Å². The molecule has 0 fully saturated rings. The molecule has 1 amide bonds. The average Bonchev–Trinajstić information content (AvgIpc) is 2.84. The molecule has 37 heavy (non-hydrogen) atoms. The molecule has 14 heteroatoms. The maximum Gasteiger partial charge on any atom is 0.261 e. The molecule has 0 saturated carbocycles. The highest BCUT2D eigenvalue weighted by Crippen LogP contribution is 2.33. The van der Waals surface area contributed by atoms with Crippen molar-refractivity contribution in [2.45, 2.75) is 4.90 Å². The summed E-state index contributed by atoms with van der Waals surface area (Å²) >= 11 is 12.0. The number of rotatable bonds is 10. The van der Waals surface area contributed by atoms with Crippen molar-refractivity contribution < 1.29 is 31.1 Å². The van der Waals surface area contributed by atoms with Crippen LogP contribution in [-0.2, 0) is 24.8 Å². The van der Waals surface area contributed by atoms with Gasteiger partial charge in [-0.3, -0.25) is 13.8 Å². The monoisotopic (exact) mass is 587 g/mol. The Morgan fingerprint density at radius 2 is 1.57 bits per heavy atom. The molecular formula is C23H23Cl2N3O7S2. The van der Waals surface area contributed by atoms with E-state index in [1.165, 1.54) is 68.8 Å². The van der Waals surface area contributed by atoms with Crippen LogP contribution in [0.1, 0.15) is 0 Å². The van der Waals surface area contributed by atoms with Crippen LogP contribution in [0.25, 0.3) is 0 Å². The van der Waals surface area contributed by atoms with Crippen molar-refractivity contribution in [2.24, 2.45) is 0 Å². The van der Waals surface area contributed by atoms with Crippen molar-refractivity contribution in [2.75, 3.05) is 41.4 Å². The number of carbonyl (C=O) groups excluding carboxylic acids is 1. The van der Waals surface area contributed by atoms with E-state index in [9.17, 15) is 21.6 Å². The van der Waals surface area contributed by atoms with Crippen LogP contribution in [0.4, 0.5) is 17.1 Å². The molecule has 2 N–H and O–H groups in total. The van der Waals surface area contributed by atoms with Crippen molar-refractivity contribution >= 4 is 66.2 Å². The lowest BCUT2D eigenvalue weighted by molar-refractivity contribution is -0.114. The number of nitrogens with one attached hydrogen (secondary N) is 2. The van der Waals surface area contributed by atoms with Gasteiger partial charge in [0.2, 0.25) is 15.9 Å². The average molecular weight is 588 g/mol. The lowest BCUT2D eigenvalue weighted by Crippen LogP contribution is -2.37. The van der Waals surface area contributed by atoms with Gasteiger partial charge in [0.15, 0.2) is 11.5 Å². The van der Waals surface area contributed by atoms with Crippen molar-refractivity contribution in [3.05, 3.63) is 70.7 Å². The van der Waals surface area contributed by atoms with E-state index in [1.807, 2.05) is 0 Å². The van der Waals surface area contributed by atoms with E-state index in [4.69, 9.17) is 32.7 Å². The van der Waals surface area contributed by atoms with E-state index >= 15 is 0 Å². The minimum Gasteiger partial charge on any atom is -0.493 e. The summed E-state index contributed by atoms with van der Waals surface area (Å²) in [5.74, 6) is 0.0319. The van der Waals surface area contributed by atoms with Gasteiger partial charge in [-0.2, -0.15) is 0 Å². The summed E-state index contributed by atoms with van der Waals surface area (Å²) in [4.78, 5) is 12.6. The second-order valence-corrected chi connectivity index (χ2v) is 12.0. The molecule has 0 spiro atoms. The first-order chi connectivity index (χ1) is 17.4. The van der Waals surface area contributed by atoms with E-state index in [0.717, 1.165) is 10.6 Å². The molecule has 0 atom stereocenters. The number of methoxy groups -OCH3 is 2. The summed E-state index contributed by atoms with van der Waals surface area (Å²) in [5.41, 5.74) is 0.565. The Morgan fingerprint density at radius 1 is 0.919 bits per heavy atom. The minimum absolute atomic E-state index is 0.0570. The number of ether oxygens (including phenoxy) is 2. The molecule has 0 aliphatic heterocycles. The minimum atomic E-state index is -4.00. The first-order valence-corrected chi connectivity index (χ1v) is 14.5. The van der Waals surface area contributed by atoms with E-state index < -0.39 is 32.5 Å². The van der Waals surface area contributed by atoms with Gasteiger partial charge in [0.05, 0.1) is 46.8 Å². The smallest absolute Gasteiger partial charge is 0.261 e. The number of hydrogen-bond donors (Lipinski definition) is 2. The fourth-order valence-corrected chi connectivity index (χ4v) is 5.54. The van der Waals surface area contributed by atoms with Gasteiger partial charge in [0, 0.05) is 11.8 Å². The molecule has 0 bridgehead atoms. The second kappa shape index (κ2) is 11.5. The van der Waals surface area contributed by atoms with E-state index in [1.54, 1.807) is 6.07 Å². The fourth-order valence-electron chi connectivity index (χ4n) is 3.21. The molecule has 0 aliphatic rings. The van der Waals surface area contributed by atoms with Gasteiger partial charge in [-0.1, -0.05) is 29.3 Å². The van der Waals surface area contributed by atoms with Crippen LogP contribution in [-0.4, -0.2) is 49.8 Å². The molecule has 0 heterocycles. The number of sulfonamides is 2. The summed E-state index contributed by atoms with van der Waals surface area (Å²) < 4.78 is 63.9. The van der Waals surface area contributed by atoms with Gasteiger partial charge in [-0.15, -0.1) is 0 Å². The topological polar surface area (TPSA) is 131 Å². The van der Waals surface area contributed by atoms with Gasteiger partial charge >= 0.3 is 0 Å². The Morgan fingerprint density at radius 3 is 2.16 bits per heavy atom. The number of amides is 1. The van der Waals surface area contributed by atoms with Crippen LogP contribution in [0, 0.1) is 0 Å². The maximum absolute atomic E-state index is 12.7. The van der Waals surface area contributed by atoms with Crippen LogP contribution in [0.5, 0.6) is 11.5 Å². The van der Waals surface area contributed by atoms with Gasteiger partial charge < -0.3 is 14.8 Å². The highest BCUT2D eigenvalue weighted by Gasteiger charge is 2.23. The summed E-state index contributed by atoms with van der Waals surface area (Å²) in [6.07, 6.45) is 0.968. The summed E-state index contributed by atoms with van der Waals surface area (Å²) in [6.45, 7) is -0.539. The van der Waals surface area contributed by atoms with Crippen LogP contribution in [0.3, 0.4) is 0 Å². The summed E-state index contributed by atoms with van der Waals surface area (Å²) in [7, 11) is -5.00. The predicted molar refractivity (Wildman–Crippen MR) is 144 cm³/mol. The Bertz CT molecular complexity index is 1510. The zero-order valence-corrected chi connectivity index (χ0v) is 23.0. The molecule has 3 rings (SSSR count). The largest absolute Gasteiger partial charge is 0.493 e. The molecular weight excluding hydrogens is 565 g/mol. The third kappa shape index (κ3) is 6.98. The van der Waals surface area contributed by atoms with E-state index in [-0.39, 0.29) is 32.0 Å². The van der Waals surface area contributed by atoms with Gasteiger partial charge in [0.1, 0.15) is 6.54 Å². The molecule has 0 unspecified atom stereocenters. The lowest BCUT2D eigenvalue weighted by atomic mass is 10.2. The van der Waals surface area contributed by atoms with Crippen LogP contribution < -0.4 is 23.8 Å². The number of halogens is 2. The number of anilines is 3. The predicted octanol–water partition coefficient (Wildman–Crippen LogP) is 4.22. The first kappa shape index (κ1) is 28.4. The number of benzene rings is 3. The van der Waals surface area contributed by atoms with Crippen molar-refractivity contribution in [1.29, 1.82) is 0 Å². The Hall–Kier alpha value is -3.19. The molecule has 0 saturated heterocycles. The number of carbonyl (C=O) groups is 1. The SMILES string of the molecule is COc1ccc(N(CC(=O)Nc2ccc(S(=O)(=O)Nc3cccc(Cl)c3Cl)cc2)S(C)(=O)=O)cc1OC. The normalized spacial score (nSPS) is 11.5. The van der Waals surface area contributed by atoms with Crippen LogP contribution in [0.15, 0.2) is 65.6 Å².